The van der Waals surface area contributed by atoms with Gasteiger partial charge in [0.1, 0.15) is 0 Å². The number of nitrogens with one attached hydrogen (secondary N) is 1. The molecule has 0 aromatic heterocycles. The Balaban J connectivity index is 0.00000243. The average molecular weight is 392 g/mol. The van der Waals surface area contributed by atoms with Crippen molar-refractivity contribution in [2.75, 3.05) is 30.3 Å². The maximum Gasteiger partial charge on any atom is 0.252 e. The fraction of sp³-hybridized carbons (Fsp3) is 0.263. The molecule has 2 amide bonds. The lowest BCUT2D eigenvalue weighted by Gasteiger charge is -2.17. The predicted octanol–water partition coefficient (Wildman–Crippen LogP) is 2.48. The number of carbonyl (C=O) groups excluding carboxylic acids is 2. The van der Waals surface area contributed by atoms with Gasteiger partial charge in [-0.2, -0.15) is 0 Å². The Morgan fingerprint density at radius 2 is 1.85 bits per heavy atom. The van der Waals surface area contributed by atoms with Gasteiger partial charge in [0, 0.05) is 30.2 Å². The van der Waals surface area contributed by atoms with E-state index in [1.165, 1.54) is 17.3 Å². The van der Waals surface area contributed by atoms with Crippen LogP contribution in [0.3, 0.4) is 0 Å². The van der Waals surface area contributed by atoms with Gasteiger partial charge in [0.15, 0.2) is 0 Å². The maximum absolute atomic E-state index is 12.6. The smallest absolute Gasteiger partial charge is 0.252 e. The molecule has 0 bridgehead atoms. The number of amides is 2. The van der Waals surface area contributed by atoms with Crippen molar-refractivity contribution in [1.82, 2.24) is 5.32 Å². The summed E-state index contributed by atoms with van der Waals surface area (Å²) in [7, 11) is 0. The van der Waals surface area contributed by atoms with Gasteiger partial charge in [-0.15, -0.1) is 24.2 Å². The third-order valence-electron chi connectivity index (χ3n) is 4.10. The first-order valence-electron chi connectivity index (χ1n) is 8.29. The molecular formula is C19H22ClN3O2S. The number of anilines is 1. The quantitative estimate of drug-likeness (QED) is 0.742. The summed E-state index contributed by atoms with van der Waals surface area (Å²) < 4.78 is 0. The van der Waals surface area contributed by atoms with Crippen LogP contribution >= 0.6 is 24.2 Å². The number of nitrogens with zero attached hydrogens (tertiary/aromatic N) is 1. The molecular weight excluding hydrogens is 370 g/mol. The van der Waals surface area contributed by atoms with Crippen molar-refractivity contribution in [2.45, 2.75) is 11.3 Å². The first-order chi connectivity index (χ1) is 12.2. The van der Waals surface area contributed by atoms with E-state index in [9.17, 15) is 9.59 Å². The summed E-state index contributed by atoms with van der Waals surface area (Å²) in [5.74, 6) is 0.204. The maximum atomic E-state index is 12.6. The summed E-state index contributed by atoms with van der Waals surface area (Å²) >= 11 is 1.40. The molecule has 0 saturated carbocycles. The fourth-order valence-electron chi connectivity index (χ4n) is 2.88. The van der Waals surface area contributed by atoms with Crippen LogP contribution in [0.4, 0.5) is 5.69 Å². The number of benzene rings is 2. The first kappa shape index (κ1) is 20.3. The van der Waals surface area contributed by atoms with Crippen LogP contribution in [0.1, 0.15) is 15.9 Å². The van der Waals surface area contributed by atoms with E-state index in [0.717, 1.165) is 23.5 Å². The van der Waals surface area contributed by atoms with Gasteiger partial charge in [0.05, 0.1) is 11.3 Å². The normalized spacial score (nSPS) is 12.3. The van der Waals surface area contributed by atoms with E-state index in [0.29, 0.717) is 24.4 Å². The number of halogens is 1. The number of thioether (sulfide) groups is 1. The molecule has 2 aromatic rings. The van der Waals surface area contributed by atoms with E-state index in [4.69, 9.17) is 5.73 Å². The molecule has 0 atom stereocenters. The van der Waals surface area contributed by atoms with Gasteiger partial charge in [-0.25, -0.2) is 0 Å². The standard InChI is InChI=1S/C19H21N3O2S.ClH/c20-10-11-21-19(24)15-6-2-4-8-17(15)25-13-18(23)22-12-9-14-5-1-3-7-16(14)22;/h1-8H,9-13,20H2,(H,21,24);1H. The lowest BCUT2D eigenvalue weighted by Crippen LogP contribution is -2.31. The largest absolute Gasteiger partial charge is 0.351 e. The number of nitrogens with two attached hydrogens (primary N) is 1. The van der Waals surface area contributed by atoms with Crippen molar-refractivity contribution in [1.29, 1.82) is 0 Å². The number of fused-ring (bicyclic) bond motifs is 1. The van der Waals surface area contributed by atoms with Gasteiger partial charge >= 0.3 is 0 Å². The molecule has 3 rings (SSSR count). The van der Waals surface area contributed by atoms with Crippen LogP contribution in [-0.4, -0.2) is 37.2 Å². The molecule has 5 nitrogen and oxygen atoms in total. The summed E-state index contributed by atoms with van der Waals surface area (Å²) in [5, 5.41) is 2.77. The molecule has 138 valence electrons. The van der Waals surface area contributed by atoms with Gasteiger partial charge in [0.2, 0.25) is 5.91 Å². The molecule has 0 unspecified atom stereocenters. The minimum atomic E-state index is -0.160. The Bertz CT molecular complexity index is 785. The van der Waals surface area contributed by atoms with E-state index >= 15 is 0 Å². The zero-order valence-corrected chi connectivity index (χ0v) is 15.9. The molecule has 7 heteroatoms. The number of rotatable bonds is 6. The zero-order valence-electron chi connectivity index (χ0n) is 14.3. The van der Waals surface area contributed by atoms with Crippen molar-refractivity contribution in [3.63, 3.8) is 0 Å². The van der Waals surface area contributed by atoms with E-state index in [-0.39, 0.29) is 24.2 Å². The summed E-state index contributed by atoms with van der Waals surface area (Å²) in [6.07, 6.45) is 0.894. The Hall–Kier alpha value is -2.02. The third-order valence-corrected chi connectivity index (χ3v) is 5.16. The summed E-state index contributed by atoms with van der Waals surface area (Å²) in [4.78, 5) is 27.5. The van der Waals surface area contributed by atoms with Crippen LogP contribution in [0.5, 0.6) is 0 Å². The van der Waals surface area contributed by atoms with Crippen molar-refractivity contribution in [3.8, 4) is 0 Å². The van der Waals surface area contributed by atoms with Crippen LogP contribution in [0.15, 0.2) is 53.4 Å². The van der Waals surface area contributed by atoms with Gasteiger partial charge in [-0.1, -0.05) is 30.3 Å². The Morgan fingerprint density at radius 3 is 2.65 bits per heavy atom. The average Bonchev–Trinajstić information content (AvgIpc) is 3.08. The molecule has 0 aliphatic carbocycles. The zero-order chi connectivity index (χ0) is 17.6. The molecule has 0 radical (unpaired) electrons. The Labute approximate surface area is 163 Å². The molecule has 1 aliphatic heterocycles. The van der Waals surface area contributed by atoms with Crippen molar-refractivity contribution < 1.29 is 9.59 Å². The predicted molar refractivity (Wildman–Crippen MR) is 108 cm³/mol. The van der Waals surface area contributed by atoms with E-state index < -0.39 is 0 Å². The second kappa shape index (κ2) is 9.62. The van der Waals surface area contributed by atoms with Gasteiger partial charge < -0.3 is 16.0 Å². The molecule has 1 heterocycles. The molecule has 0 spiro atoms. The highest BCUT2D eigenvalue weighted by atomic mass is 35.5. The molecule has 0 fully saturated rings. The highest BCUT2D eigenvalue weighted by Gasteiger charge is 2.24. The van der Waals surface area contributed by atoms with Crippen LogP contribution in [0, 0.1) is 0 Å². The monoisotopic (exact) mass is 391 g/mol. The van der Waals surface area contributed by atoms with Gasteiger partial charge in [-0.3, -0.25) is 9.59 Å². The van der Waals surface area contributed by atoms with Gasteiger partial charge in [0.25, 0.3) is 5.91 Å². The summed E-state index contributed by atoms with van der Waals surface area (Å²) in [6.45, 7) is 1.55. The van der Waals surface area contributed by atoms with Crippen LogP contribution in [0.25, 0.3) is 0 Å². The molecule has 1 aliphatic rings. The van der Waals surface area contributed by atoms with Gasteiger partial charge in [-0.05, 0) is 30.2 Å². The van der Waals surface area contributed by atoms with E-state index in [2.05, 4.69) is 11.4 Å². The fourth-order valence-corrected chi connectivity index (χ4v) is 3.80. The highest BCUT2D eigenvalue weighted by Crippen LogP contribution is 2.29. The number of hydrogen-bond acceptors (Lipinski definition) is 4. The minimum Gasteiger partial charge on any atom is -0.351 e. The number of para-hydroxylation sites is 1. The highest BCUT2D eigenvalue weighted by molar-refractivity contribution is 8.00. The Kier molecular flexibility index (Phi) is 7.50. The SMILES string of the molecule is Cl.NCCNC(=O)c1ccccc1SCC(=O)N1CCc2ccccc21. The van der Waals surface area contributed by atoms with Crippen molar-refractivity contribution in [2.24, 2.45) is 5.73 Å². The second-order valence-corrected chi connectivity index (χ2v) is 6.77. The molecule has 3 N–H and O–H groups in total. The van der Waals surface area contributed by atoms with Crippen molar-refractivity contribution in [3.05, 3.63) is 59.7 Å². The molecule has 0 saturated heterocycles. The Morgan fingerprint density at radius 1 is 1.12 bits per heavy atom. The third kappa shape index (κ3) is 4.58. The molecule has 2 aromatic carbocycles. The summed E-state index contributed by atoms with van der Waals surface area (Å²) in [6, 6.07) is 15.3. The number of carbonyl (C=O) groups is 2. The topological polar surface area (TPSA) is 75.4 Å². The first-order valence-corrected chi connectivity index (χ1v) is 9.27. The van der Waals surface area contributed by atoms with Crippen LogP contribution in [0.2, 0.25) is 0 Å². The minimum absolute atomic E-state index is 0. The van der Waals surface area contributed by atoms with Crippen LogP contribution in [-0.2, 0) is 11.2 Å². The van der Waals surface area contributed by atoms with E-state index in [1.807, 2.05) is 41.3 Å². The number of hydrogen-bond donors (Lipinski definition) is 2. The van der Waals surface area contributed by atoms with Crippen molar-refractivity contribution >= 4 is 41.7 Å². The van der Waals surface area contributed by atoms with Crippen LogP contribution < -0.4 is 16.0 Å². The summed E-state index contributed by atoms with van der Waals surface area (Å²) in [5.41, 5.74) is 8.22. The second-order valence-electron chi connectivity index (χ2n) is 5.75. The van der Waals surface area contributed by atoms with E-state index in [1.54, 1.807) is 6.07 Å². The lowest BCUT2D eigenvalue weighted by molar-refractivity contribution is -0.116. The lowest BCUT2D eigenvalue weighted by atomic mass is 10.2. The molecule has 26 heavy (non-hydrogen) atoms.